The van der Waals surface area contributed by atoms with Gasteiger partial charge in [0.05, 0.1) is 13.1 Å². The molecule has 45 heavy (non-hydrogen) atoms. The maximum atomic E-state index is 13.2. The second-order valence-corrected chi connectivity index (χ2v) is 12.6. The van der Waals surface area contributed by atoms with Gasteiger partial charge in [-0.1, -0.05) is 30.3 Å². The molecule has 0 spiro atoms. The van der Waals surface area contributed by atoms with Gasteiger partial charge < -0.3 is 35.0 Å². The average molecular weight is 627 g/mol. The summed E-state index contributed by atoms with van der Waals surface area (Å²) >= 11 is 0. The predicted molar refractivity (Wildman–Crippen MR) is 161 cm³/mol. The van der Waals surface area contributed by atoms with Crippen molar-refractivity contribution < 1.29 is 38.6 Å². The number of hydrogen-bond acceptors (Lipinski definition) is 8. The first-order valence-corrected chi connectivity index (χ1v) is 15.1. The number of hydrogen-bond donors (Lipinski definition) is 3. The molecule has 1 aromatic heterocycles. The Hall–Kier alpha value is -4.62. The van der Waals surface area contributed by atoms with Crippen LogP contribution in [0, 0.1) is 5.92 Å². The molecule has 0 unspecified atom stereocenters. The molecule has 2 aliphatic heterocycles. The largest absolute Gasteiger partial charge is 0.479 e. The highest BCUT2D eigenvalue weighted by molar-refractivity contribution is 5.98. The molecule has 4 rings (SSSR count). The van der Waals surface area contributed by atoms with Crippen molar-refractivity contribution in [3.05, 3.63) is 53.3 Å². The van der Waals surface area contributed by atoms with E-state index in [1.165, 1.54) is 17.7 Å². The summed E-state index contributed by atoms with van der Waals surface area (Å²) < 4.78 is 12.1. The van der Waals surface area contributed by atoms with Crippen molar-refractivity contribution in [3.8, 4) is 0 Å². The van der Waals surface area contributed by atoms with Gasteiger partial charge in [-0.05, 0) is 58.4 Å². The van der Waals surface area contributed by atoms with E-state index in [2.05, 4.69) is 15.7 Å². The molecule has 14 heteroatoms. The Labute approximate surface area is 262 Å². The predicted octanol–water partition coefficient (Wildman–Crippen LogP) is 2.88. The maximum absolute atomic E-state index is 13.2. The van der Waals surface area contributed by atoms with Crippen molar-refractivity contribution in [2.45, 2.75) is 71.2 Å². The van der Waals surface area contributed by atoms with Gasteiger partial charge >= 0.3 is 18.2 Å². The first kappa shape index (κ1) is 33.3. The number of nitrogens with one attached hydrogen (secondary N) is 2. The molecule has 1 fully saturated rings. The minimum Gasteiger partial charge on any atom is -0.479 e. The molecular weight excluding hydrogens is 584 g/mol. The van der Waals surface area contributed by atoms with Crippen molar-refractivity contribution in [1.82, 2.24) is 30.2 Å². The minimum atomic E-state index is -1.86. The van der Waals surface area contributed by atoms with Crippen LogP contribution in [0.25, 0.3) is 0 Å². The van der Waals surface area contributed by atoms with Crippen LogP contribution in [0.2, 0.25) is 0 Å². The molecule has 3 N–H and O–H groups in total. The number of fused-ring (bicyclic) bond motifs is 1. The minimum absolute atomic E-state index is 0.0332. The van der Waals surface area contributed by atoms with Crippen molar-refractivity contribution in [2.24, 2.45) is 5.92 Å². The number of rotatable bonds is 10. The van der Waals surface area contributed by atoms with Crippen LogP contribution < -0.4 is 10.6 Å². The number of nitrogens with zero attached hydrogens (tertiary/aromatic N) is 4. The van der Waals surface area contributed by atoms with Gasteiger partial charge in [0.1, 0.15) is 17.9 Å². The zero-order valence-corrected chi connectivity index (χ0v) is 26.2. The van der Waals surface area contributed by atoms with Gasteiger partial charge in [-0.3, -0.25) is 14.3 Å². The fourth-order valence-corrected chi connectivity index (χ4v) is 5.14. The van der Waals surface area contributed by atoms with Crippen LogP contribution in [-0.4, -0.2) is 98.5 Å². The third-order valence-electron chi connectivity index (χ3n) is 7.84. The maximum Gasteiger partial charge on any atom is 0.410 e. The van der Waals surface area contributed by atoms with Gasteiger partial charge in [-0.2, -0.15) is 5.10 Å². The molecule has 1 aromatic carbocycles. The van der Waals surface area contributed by atoms with E-state index in [0.29, 0.717) is 38.6 Å². The lowest BCUT2D eigenvalue weighted by molar-refractivity contribution is -0.143. The van der Waals surface area contributed by atoms with E-state index in [9.17, 15) is 29.1 Å². The average Bonchev–Trinajstić information content (AvgIpc) is 3.44. The molecule has 14 nitrogen and oxygen atoms in total. The van der Waals surface area contributed by atoms with Crippen LogP contribution in [0.1, 0.15) is 73.5 Å². The number of likely N-dealkylation sites (tertiary alicyclic amines) is 1. The Kier molecular flexibility index (Phi) is 10.3. The zero-order chi connectivity index (χ0) is 32.8. The molecule has 0 aliphatic carbocycles. The molecule has 0 bridgehead atoms. The van der Waals surface area contributed by atoms with Gasteiger partial charge in [0, 0.05) is 32.2 Å². The third-order valence-corrected chi connectivity index (χ3v) is 7.84. The quantitative estimate of drug-likeness (QED) is 0.359. The number of alkyl carbamates (subject to hydrolysis) is 1. The summed E-state index contributed by atoms with van der Waals surface area (Å²) in [5.74, 6) is -1.92. The number of carboxylic acid groups (broad SMARTS) is 1. The summed E-state index contributed by atoms with van der Waals surface area (Å²) in [6.07, 6.45) is 1.21. The molecule has 1 saturated heterocycles. The molecule has 4 amide bonds. The lowest BCUT2D eigenvalue weighted by Crippen LogP contribution is -2.58. The Morgan fingerprint density at radius 3 is 2.36 bits per heavy atom. The molecular formula is C31H42N6O8. The smallest absolute Gasteiger partial charge is 0.410 e. The van der Waals surface area contributed by atoms with E-state index in [4.69, 9.17) is 9.47 Å². The van der Waals surface area contributed by atoms with E-state index in [1.807, 2.05) is 26.8 Å². The van der Waals surface area contributed by atoms with Crippen LogP contribution in [0.3, 0.4) is 0 Å². The molecule has 0 radical (unpaired) electrons. The summed E-state index contributed by atoms with van der Waals surface area (Å²) in [7, 11) is 0. The summed E-state index contributed by atoms with van der Waals surface area (Å²) in [5, 5.41) is 18.8. The lowest BCUT2D eigenvalue weighted by atomic mass is 9.93. The van der Waals surface area contributed by atoms with E-state index < -0.39 is 35.7 Å². The first-order valence-electron chi connectivity index (χ1n) is 15.1. The number of piperidine rings is 1. The highest BCUT2D eigenvalue weighted by atomic mass is 16.6. The number of aromatic nitrogens is 2. The molecule has 0 saturated carbocycles. The second kappa shape index (κ2) is 14.0. The van der Waals surface area contributed by atoms with Gasteiger partial charge in [0.15, 0.2) is 11.2 Å². The SMILES string of the molecule is CC(C)(C)OC(=O)N1CCC(CCN2CCn3nc(C(=O)NC[C@](C)(NC(=O)OCc4ccccc4)C(=O)O)cc3C2=O)CC1. The van der Waals surface area contributed by atoms with E-state index in [1.54, 1.807) is 34.1 Å². The molecule has 2 aliphatic rings. The Bertz CT molecular complexity index is 1400. The molecule has 1 atom stereocenters. The first-order chi connectivity index (χ1) is 21.2. The van der Waals surface area contributed by atoms with E-state index in [0.717, 1.165) is 24.8 Å². The molecule has 2 aromatic rings. The van der Waals surface area contributed by atoms with Crippen LogP contribution in [0.15, 0.2) is 36.4 Å². The summed E-state index contributed by atoms with van der Waals surface area (Å²) in [6.45, 7) is 8.91. The number of amides is 4. The summed E-state index contributed by atoms with van der Waals surface area (Å²) in [4.78, 5) is 66.2. The topological polar surface area (TPSA) is 172 Å². The Morgan fingerprint density at radius 2 is 1.71 bits per heavy atom. The van der Waals surface area contributed by atoms with E-state index in [-0.39, 0.29) is 30.0 Å². The van der Waals surface area contributed by atoms with Crippen molar-refractivity contribution in [1.29, 1.82) is 0 Å². The van der Waals surface area contributed by atoms with Gasteiger partial charge in [-0.25, -0.2) is 14.4 Å². The summed E-state index contributed by atoms with van der Waals surface area (Å²) in [5.41, 5.74) is -1.43. The summed E-state index contributed by atoms with van der Waals surface area (Å²) in [6, 6.07) is 10.3. The standard InChI is InChI=1S/C31H42N6O8/c1-30(2,3)45-29(43)36-14-11-21(12-15-36)10-13-35-16-17-37-24(26(35)39)18-23(34-37)25(38)32-20-31(4,27(40)41)33-28(42)44-19-22-8-6-5-7-9-22/h5-9,18,21H,10-17,19-20H2,1-4H3,(H,32,38)(H,33,42)(H,40,41)/t31-/m0/s1. The Morgan fingerprint density at radius 1 is 1.02 bits per heavy atom. The van der Waals surface area contributed by atoms with Gasteiger partial charge in [0.25, 0.3) is 11.8 Å². The van der Waals surface area contributed by atoms with E-state index >= 15 is 0 Å². The normalized spacial score (nSPS) is 16.8. The fraction of sp³-hybridized carbons (Fsp3) is 0.548. The lowest BCUT2D eigenvalue weighted by Gasteiger charge is -2.34. The highest BCUT2D eigenvalue weighted by Crippen LogP contribution is 2.24. The number of ether oxygens (including phenoxy) is 2. The van der Waals surface area contributed by atoms with Crippen LogP contribution >= 0.6 is 0 Å². The van der Waals surface area contributed by atoms with Crippen LogP contribution in [0.5, 0.6) is 0 Å². The number of carbonyl (C=O) groups excluding carboxylic acids is 4. The van der Waals surface area contributed by atoms with Crippen LogP contribution in [-0.2, 0) is 27.4 Å². The molecule has 244 valence electrons. The fourth-order valence-electron chi connectivity index (χ4n) is 5.14. The van der Waals surface area contributed by atoms with Crippen LogP contribution in [0.4, 0.5) is 9.59 Å². The van der Waals surface area contributed by atoms with Gasteiger partial charge in [-0.15, -0.1) is 0 Å². The zero-order valence-electron chi connectivity index (χ0n) is 26.2. The number of aliphatic carboxylic acids is 1. The number of benzene rings is 1. The highest BCUT2D eigenvalue weighted by Gasteiger charge is 2.37. The second-order valence-electron chi connectivity index (χ2n) is 12.6. The third kappa shape index (κ3) is 8.96. The monoisotopic (exact) mass is 626 g/mol. The molecule has 3 heterocycles. The number of carboxylic acids is 1. The van der Waals surface area contributed by atoms with Crippen molar-refractivity contribution in [2.75, 3.05) is 32.7 Å². The van der Waals surface area contributed by atoms with Crippen molar-refractivity contribution in [3.63, 3.8) is 0 Å². The Balaban J connectivity index is 1.25. The van der Waals surface area contributed by atoms with Crippen molar-refractivity contribution >= 4 is 30.0 Å². The number of carbonyl (C=O) groups is 5. The van der Waals surface area contributed by atoms with Gasteiger partial charge in [0.2, 0.25) is 0 Å².